The lowest BCUT2D eigenvalue weighted by Crippen LogP contribution is -2.46. The van der Waals surface area contributed by atoms with Crippen molar-refractivity contribution in [2.75, 3.05) is 32.7 Å². The van der Waals surface area contributed by atoms with Gasteiger partial charge in [-0.05, 0) is 62.0 Å². The second-order valence-electron chi connectivity index (χ2n) is 9.06. The first-order chi connectivity index (χ1) is 13.7. The molecule has 2 bridgehead atoms. The third-order valence-electron chi connectivity index (χ3n) is 7.01. The summed E-state index contributed by atoms with van der Waals surface area (Å²) in [5, 5.41) is 3.83. The predicted molar refractivity (Wildman–Crippen MR) is 114 cm³/mol. The van der Waals surface area contributed by atoms with Crippen molar-refractivity contribution in [2.24, 2.45) is 0 Å². The van der Waals surface area contributed by atoms with Crippen LogP contribution in [0.4, 0.5) is 0 Å². The number of nitrogens with one attached hydrogen (secondary N) is 1. The van der Waals surface area contributed by atoms with E-state index in [0.29, 0.717) is 18.1 Å². The van der Waals surface area contributed by atoms with Gasteiger partial charge in [-0.15, -0.1) is 0 Å². The molecule has 0 amide bonds. The van der Waals surface area contributed by atoms with Gasteiger partial charge in [0.2, 0.25) is 0 Å². The molecule has 28 heavy (non-hydrogen) atoms. The van der Waals surface area contributed by atoms with Crippen LogP contribution in [-0.2, 0) is 10.2 Å². The Hall–Kier alpha value is -1.68. The summed E-state index contributed by atoms with van der Waals surface area (Å²) in [6.07, 6.45) is 3.15. The first kappa shape index (κ1) is 18.4. The molecule has 3 aliphatic rings. The van der Waals surface area contributed by atoms with Gasteiger partial charge in [0.15, 0.2) is 0 Å². The Kier molecular flexibility index (Phi) is 4.78. The zero-order chi connectivity index (χ0) is 19.1. The lowest BCUT2D eigenvalue weighted by molar-refractivity contribution is -0.0680. The van der Waals surface area contributed by atoms with Gasteiger partial charge in [0, 0.05) is 31.0 Å². The smallest absolute Gasteiger partial charge is 0.0678 e. The van der Waals surface area contributed by atoms with Crippen molar-refractivity contribution in [3.8, 4) is 0 Å². The SMILES string of the molecule is C[C@@H]1CN(CCCNCC23CC(c4ccccc42)c2ccccc23)C[C@@H](C)O1. The van der Waals surface area contributed by atoms with Crippen molar-refractivity contribution in [2.45, 2.75) is 50.2 Å². The third-order valence-corrected chi connectivity index (χ3v) is 7.01. The molecular formula is C25H32N2O. The summed E-state index contributed by atoms with van der Waals surface area (Å²) in [5.41, 5.74) is 6.39. The molecule has 0 unspecified atom stereocenters. The van der Waals surface area contributed by atoms with Crippen LogP contribution in [0.3, 0.4) is 0 Å². The van der Waals surface area contributed by atoms with Gasteiger partial charge in [0.1, 0.15) is 0 Å². The summed E-state index contributed by atoms with van der Waals surface area (Å²) in [6, 6.07) is 18.3. The van der Waals surface area contributed by atoms with E-state index in [0.717, 1.165) is 32.7 Å². The van der Waals surface area contributed by atoms with Gasteiger partial charge in [-0.3, -0.25) is 4.90 Å². The second kappa shape index (κ2) is 7.29. The number of ether oxygens (including phenoxy) is 1. The van der Waals surface area contributed by atoms with Crippen molar-refractivity contribution in [1.82, 2.24) is 10.2 Å². The van der Waals surface area contributed by atoms with Crippen LogP contribution in [0.25, 0.3) is 0 Å². The molecule has 0 radical (unpaired) electrons. The van der Waals surface area contributed by atoms with Crippen LogP contribution >= 0.6 is 0 Å². The highest BCUT2D eigenvalue weighted by molar-refractivity contribution is 5.62. The number of rotatable bonds is 6. The van der Waals surface area contributed by atoms with Crippen LogP contribution < -0.4 is 5.32 Å². The highest BCUT2D eigenvalue weighted by atomic mass is 16.5. The Morgan fingerprint density at radius 1 is 0.964 bits per heavy atom. The van der Waals surface area contributed by atoms with Gasteiger partial charge in [0.25, 0.3) is 0 Å². The van der Waals surface area contributed by atoms with Gasteiger partial charge in [-0.1, -0.05) is 48.5 Å². The molecular weight excluding hydrogens is 344 g/mol. The Labute approximate surface area is 169 Å². The van der Waals surface area contributed by atoms with Crippen molar-refractivity contribution in [1.29, 1.82) is 0 Å². The molecule has 5 rings (SSSR count). The highest BCUT2D eigenvalue weighted by Gasteiger charge is 2.51. The molecule has 2 aromatic rings. The predicted octanol–water partition coefficient (Wildman–Crippen LogP) is 3.91. The van der Waals surface area contributed by atoms with Gasteiger partial charge >= 0.3 is 0 Å². The van der Waals surface area contributed by atoms with Crippen molar-refractivity contribution in [3.63, 3.8) is 0 Å². The standard InChI is InChI=1S/C25H32N2O/c1-18-15-27(16-19(2)28-18)13-7-12-26-17-25-14-22(20-8-3-5-10-23(20)25)21-9-4-6-11-24(21)25/h3-6,8-11,18-19,22,26H,7,12-17H2,1-2H3/t18-,19-,22?,25?/m1/s1. The Bertz CT molecular complexity index is 790. The molecule has 2 aromatic carbocycles. The van der Waals surface area contributed by atoms with Gasteiger partial charge in [0.05, 0.1) is 12.2 Å². The topological polar surface area (TPSA) is 24.5 Å². The van der Waals surface area contributed by atoms with E-state index in [9.17, 15) is 0 Å². The lowest BCUT2D eigenvalue weighted by atomic mass is 9.75. The van der Waals surface area contributed by atoms with Crippen LogP contribution in [-0.4, -0.2) is 49.8 Å². The van der Waals surface area contributed by atoms with Crippen LogP contribution in [0.15, 0.2) is 48.5 Å². The number of fused-ring (bicyclic) bond motifs is 8. The lowest BCUT2D eigenvalue weighted by Gasteiger charge is -2.35. The molecule has 1 aliphatic heterocycles. The first-order valence-corrected chi connectivity index (χ1v) is 10.9. The fourth-order valence-corrected chi connectivity index (χ4v) is 6.03. The summed E-state index contributed by atoms with van der Waals surface area (Å²) in [5.74, 6) is 0.588. The van der Waals surface area contributed by atoms with Crippen LogP contribution in [0.5, 0.6) is 0 Å². The summed E-state index contributed by atoms with van der Waals surface area (Å²) >= 11 is 0. The van der Waals surface area contributed by atoms with Crippen molar-refractivity contribution < 1.29 is 4.74 Å². The van der Waals surface area contributed by atoms with Crippen LogP contribution in [0, 0.1) is 0 Å². The molecule has 0 aromatic heterocycles. The minimum atomic E-state index is 0.167. The molecule has 3 nitrogen and oxygen atoms in total. The maximum atomic E-state index is 5.85. The number of nitrogens with zero attached hydrogens (tertiary/aromatic N) is 1. The normalized spacial score (nSPS) is 31.0. The molecule has 1 saturated heterocycles. The molecule has 1 heterocycles. The highest BCUT2D eigenvalue weighted by Crippen LogP contribution is 2.59. The number of benzene rings is 2. The molecule has 0 saturated carbocycles. The zero-order valence-corrected chi connectivity index (χ0v) is 17.2. The third kappa shape index (κ3) is 3.01. The molecule has 3 heteroatoms. The summed E-state index contributed by atoms with van der Waals surface area (Å²) in [6.45, 7) is 9.79. The quantitative estimate of drug-likeness (QED) is 0.774. The van der Waals surface area contributed by atoms with Crippen molar-refractivity contribution in [3.05, 3.63) is 70.8 Å². The van der Waals surface area contributed by atoms with Crippen LogP contribution in [0.2, 0.25) is 0 Å². The minimum Gasteiger partial charge on any atom is -0.373 e. The first-order valence-electron chi connectivity index (χ1n) is 10.9. The fraction of sp³-hybridized carbons (Fsp3) is 0.520. The van der Waals surface area contributed by atoms with Gasteiger partial charge in [-0.2, -0.15) is 0 Å². The monoisotopic (exact) mass is 376 g/mol. The van der Waals surface area contributed by atoms with E-state index >= 15 is 0 Å². The van der Waals surface area contributed by atoms with E-state index in [1.54, 1.807) is 22.3 Å². The largest absolute Gasteiger partial charge is 0.373 e. The van der Waals surface area contributed by atoms with Crippen LogP contribution in [0.1, 0.15) is 54.9 Å². The van der Waals surface area contributed by atoms with E-state index in [2.05, 4.69) is 72.6 Å². The number of morpholine rings is 1. The average Bonchev–Trinajstić information content (AvgIpc) is 3.20. The fourth-order valence-electron chi connectivity index (χ4n) is 6.03. The molecule has 148 valence electrons. The van der Waals surface area contributed by atoms with E-state index in [-0.39, 0.29) is 5.41 Å². The molecule has 2 aliphatic carbocycles. The molecule has 2 atom stereocenters. The number of hydrogen-bond acceptors (Lipinski definition) is 3. The second-order valence-corrected chi connectivity index (χ2v) is 9.06. The van der Waals surface area contributed by atoms with E-state index in [1.807, 2.05) is 0 Å². The van der Waals surface area contributed by atoms with E-state index < -0.39 is 0 Å². The maximum Gasteiger partial charge on any atom is 0.0678 e. The summed E-state index contributed by atoms with van der Waals surface area (Å²) in [7, 11) is 0. The summed E-state index contributed by atoms with van der Waals surface area (Å²) in [4.78, 5) is 2.56. The maximum absolute atomic E-state index is 5.85. The van der Waals surface area contributed by atoms with Gasteiger partial charge in [-0.25, -0.2) is 0 Å². The number of hydrogen-bond donors (Lipinski definition) is 1. The van der Waals surface area contributed by atoms with Crippen molar-refractivity contribution >= 4 is 0 Å². The molecule has 1 fully saturated rings. The Balaban J connectivity index is 1.24. The Morgan fingerprint density at radius 2 is 1.57 bits per heavy atom. The van der Waals surface area contributed by atoms with Gasteiger partial charge < -0.3 is 10.1 Å². The minimum absolute atomic E-state index is 0.167. The summed E-state index contributed by atoms with van der Waals surface area (Å²) < 4.78 is 5.85. The molecule has 1 N–H and O–H groups in total. The van der Waals surface area contributed by atoms with E-state index in [4.69, 9.17) is 4.74 Å². The van der Waals surface area contributed by atoms with E-state index in [1.165, 1.54) is 12.8 Å². The average molecular weight is 377 g/mol. The molecule has 0 spiro atoms. The zero-order valence-electron chi connectivity index (χ0n) is 17.2. The Morgan fingerprint density at radius 3 is 2.21 bits per heavy atom.